The van der Waals surface area contributed by atoms with Gasteiger partial charge in [0.1, 0.15) is 5.38 Å². The van der Waals surface area contributed by atoms with E-state index in [1.807, 2.05) is 56.3 Å². The number of β-lactam (4-membered cyclic amide) rings is 1. The summed E-state index contributed by atoms with van der Waals surface area (Å²) < 4.78 is 0. The first kappa shape index (κ1) is 18.9. The SMILES string of the molecule is CCNc1nc(NCC)nc(NN2C(=O)C(Cl)C2/C=C/c2ccccc2)n1. The maximum absolute atomic E-state index is 12.2. The van der Waals surface area contributed by atoms with Crippen LogP contribution in [0.2, 0.25) is 0 Å². The van der Waals surface area contributed by atoms with Crippen molar-refractivity contribution in [2.75, 3.05) is 29.1 Å². The summed E-state index contributed by atoms with van der Waals surface area (Å²) in [5.41, 5.74) is 3.98. The van der Waals surface area contributed by atoms with Crippen LogP contribution < -0.4 is 16.1 Å². The number of nitrogens with one attached hydrogen (secondary N) is 3. The van der Waals surface area contributed by atoms with E-state index < -0.39 is 5.38 Å². The molecule has 2 heterocycles. The number of nitrogens with zero attached hydrogens (tertiary/aromatic N) is 4. The van der Waals surface area contributed by atoms with Gasteiger partial charge in [0, 0.05) is 13.1 Å². The summed E-state index contributed by atoms with van der Waals surface area (Å²) in [6, 6.07) is 9.52. The molecular weight excluding hydrogens is 366 g/mol. The second kappa shape index (κ2) is 8.68. The molecule has 3 N–H and O–H groups in total. The normalized spacial score (nSPS) is 19.1. The van der Waals surface area contributed by atoms with E-state index in [4.69, 9.17) is 11.6 Å². The van der Waals surface area contributed by atoms with E-state index in [2.05, 4.69) is 31.0 Å². The van der Waals surface area contributed by atoms with Crippen molar-refractivity contribution in [1.29, 1.82) is 0 Å². The van der Waals surface area contributed by atoms with Crippen molar-refractivity contribution < 1.29 is 4.79 Å². The van der Waals surface area contributed by atoms with Crippen LogP contribution in [-0.2, 0) is 4.79 Å². The molecule has 8 nitrogen and oxygen atoms in total. The summed E-state index contributed by atoms with van der Waals surface area (Å²) in [6.45, 7) is 5.24. The fraction of sp³-hybridized carbons (Fsp3) is 0.333. The highest BCUT2D eigenvalue weighted by molar-refractivity contribution is 6.34. The van der Waals surface area contributed by atoms with Gasteiger partial charge in [-0.25, -0.2) is 5.01 Å². The van der Waals surface area contributed by atoms with Crippen LogP contribution >= 0.6 is 11.6 Å². The van der Waals surface area contributed by atoms with E-state index >= 15 is 0 Å². The molecule has 9 heteroatoms. The summed E-state index contributed by atoms with van der Waals surface area (Å²) in [7, 11) is 0. The smallest absolute Gasteiger partial charge is 0.262 e. The summed E-state index contributed by atoms with van der Waals surface area (Å²) >= 11 is 6.19. The molecule has 0 aliphatic carbocycles. The van der Waals surface area contributed by atoms with Gasteiger partial charge < -0.3 is 10.6 Å². The Hall–Kier alpha value is -2.87. The Morgan fingerprint density at radius 3 is 2.22 bits per heavy atom. The topological polar surface area (TPSA) is 95.1 Å². The lowest BCUT2D eigenvalue weighted by Crippen LogP contribution is -2.63. The molecule has 0 radical (unpaired) electrons. The van der Waals surface area contributed by atoms with Gasteiger partial charge >= 0.3 is 0 Å². The molecule has 1 fully saturated rings. The highest BCUT2D eigenvalue weighted by atomic mass is 35.5. The zero-order chi connectivity index (χ0) is 19.2. The predicted octanol–water partition coefficient (Wildman–Crippen LogP) is 2.59. The lowest BCUT2D eigenvalue weighted by molar-refractivity contribution is -0.140. The molecule has 3 rings (SSSR count). The number of hydrogen-bond acceptors (Lipinski definition) is 7. The first-order chi connectivity index (χ1) is 13.1. The van der Waals surface area contributed by atoms with Crippen LogP contribution in [0.1, 0.15) is 19.4 Å². The highest BCUT2D eigenvalue weighted by Gasteiger charge is 2.45. The van der Waals surface area contributed by atoms with Gasteiger partial charge in [-0.05, 0) is 19.4 Å². The Morgan fingerprint density at radius 1 is 1.04 bits per heavy atom. The lowest BCUT2D eigenvalue weighted by Gasteiger charge is -2.42. The number of aromatic nitrogens is 3. The van der Waals surface area contributed by atoms with E-state index in [0.29, 0.717) is 25.0 Å². The Balaban J connectivity index is 1.76. The zero-order valence-electron chi connectivity index (χ0n) is 15.2. The molecule has 0 bridgehead atoms. The van der Waals surface area contributed by atoms with Gasteiger partial charge in [0.25, 0.3) is 5.91 Å². The molecule has 1 aromatic carbocycles. The van der Waals surface area contributed by atoms with Crippen molar-refractivity contribution >= 4 is 41.4 Å². The summed E-state index contributed by atoms with van der Waals surface area (Å²) in [4.78, 5) is 25.1. The average molecular weight is 388 g/mol. The molecule has 2 atom stereocenters. The molecular formula is C18H22ClN7O. The van der Waals surface area contributed by atoms with Gasteiger partial charge in [-0.15, -0.1) is 11.6 Å². The van der Waals surface area contributed by atoms with Crippen molar-refractivity contribution in [3.63, 3.8) is 0 Å². The van der Waals surface area contributed by atoms with Gasteiger partial charge in [0.2, 0.25) is 17.8 Å². The van der Waals surface area contributed by atoms with Crippen LogP contribution in [0.5, 0.6) is 0 Å². The standard InChI is InChI=1S/C18H22ClN7O/c1-3-20-16-22-17(21-4-2)24-18(23-16)25-26-13(14(19)15(26)27)11-10-12-8-6-5-7-9-12/h5-11,13-14H,3-4H2,1-2H3,(H3,20,21,22,23,24,25)/b11-10+. The third-order valence-corrected chi connectivity index (χ3v) is 4.33. The van der Waals surface area contributed by atoms with Crippen molar-refractivity contribution in [3.8, 4) is 0 Å². The van der Waals surface area contributed by atoms with Gasteiger partial charge in [0.05, 0.1) is 6.04 Å². The first-order valence-electron chi connectivity index (χ1n) is 8.83. The number of anilines is 3. The van der Waals surface area contributed by atoms with E-state index in [9.17, 15) is 4.79 Å². The summed E-state index contributed by atoms with van der Waals surface area (Å²) in [5.74, 6) is 0.900. The molecule has 1 aliphatic rings. The van der Waals surface area contributed by atoms with Gasteiger partial charge in [-0.1, -0.05) is 42.5 Å². The number of carbonyl (C=O) groups excluding carboxylic acids is 1. The molecule has 1 amide bonds. The molecule has 1 saturated heterocycles. The highest BCUT2D eigenvalue weighted by Crippen LogP contribution is 2.27. The minimum atomic E-state index is -0.624. The maximum atomic E-state index is 12.2. The number of amides is 1. The van der Waals surface area contributed by atoms with E-state index in [-0.39, 0.29) is 17.9 Å². The number of halogens is 1. The van der Waals surface area contributed by atoms with Crippen LogP contribution in [0.3, 0.4) is 0 Å². The van der Waals surface area contributed by atoms with Crippen molar-refractivity contribution in [1.82, 2.24) is 20.0 Å². The number of rotatable bonds is 8. The van der Waals surface area contributed by atoms with E-state index in [1.165, 1.54) is 5.01 Å². The molecule has 2 aromatic rings. The Bertz CT molecular complexity index is 790. The van der Waals surface area contributed by atoms with E-state index in [0.717, 1.165) is 5.56 Å². The largest absolute Gasteiger partial charge is 0.354 e. The second-order valence-electron chi connectivity index (χ2n) is 5.85. The van der Waals surface area contributed by atoms with Crippen LogP contribution in [0.15, 0.2) is 36.4 Å². The van der Waals surface area contributed by atoms with Crippen LogP contribution in [0, 0.1) is 0 Å². The second-order valence-corrected chi connectivity index (χ2v) is 6.32. The fourth-order valence-corrected chi connectivity index (χ4v) is 2.87. The maximum Gasteiger partial charge on any atom is 0.262 e. The molecule has 27 heavy (non-hydrogen) atoms. The van der Waals surface area contributed by atoms with Gasteiger partial charge in [-0.3, -0.25) is 10.2 Å². The van der Waals surface area contributed by atoms with Crippen molar-refractivity contribution in [3.05, 3.63) is 42.0 Å². The van der Waals surface area contributed by atoms with Crippen LogP contribution in [-0.4, -0.2) is 50.4 Å². The van der Waals surface area contributed by atoms with Gasteiger partial charge in [0.15, 0.2) is 0 Å². The minimum absolute atomic E-state index is 0.227. The minimum Gasteiger partial charge on any atom is -0.354 e. The Labute approximate surface area is 163 Å². The zero-order valence-corrected chi connectivity index (χ0v) is 15.9. The fourth-order valence-electron chi connectivity index (χ4n) is 2.57. The molecule has 0 spiro atoms. The number of hydrazine groups is 1. The predicted molar refractivity (Wildman–Crippen MR) is 108 cm³/mol. The summed E-state index contributed by atoms with van der Waals surface area (Å²) in [5, 5.41) is 6.90. The van der Waals surface area contributed by atoms with Gasteiger partial charge in [-0.2, -0.15) is 15.0 Å². The van der Waals surface area contributed by atoms with Crippen LogP contribution in [0.25, 0.3) is 6.08 Å². The third-order valence-electron chi connectivity index (χ3n) is 3.88. The molecule has 142 valence electrons. The molecule has 1 aliphatic heterocycles. The number of carbonyl (C=O) groups is 1. The molecule has 0 saturated carbocycles. The number of hydrogen-bond donors (Lipinski definition) is 3. The van der Waals surface area contributed by atoms with Crippen LogP contribution in [0.4, 0.5) is 17.8 Å². The van der Waals surface area contributed by atoms with Crippen molar-refractivity contribution in [2.45, 2.75) is 25.3 Å². The lowest BCUT2D eigenvalue weighted by atomic mass is 10.0. The Morgan fingerprint density at radius 2 is 1.63 bits per heavy atom. The average Bonchev–Trinajstić information content (AvgIpc) is 2.68. The molecule has 2 unspecified atom stereocenters. The first-order valence-corrected chi connectivity index (χ1v) is 9.27. The Kier molecular flexibility index (Phi) is 6.08. The number of alkyl halides is 1. The van der Waals surface area contributed by atoms with Crippen molar-refractivity contribution in [2.24, 2.45) is 0 Å². The quantitative estimate of drug-likeness (QED) is 0.473. The third kappa shape index (κ3) is 4.46. The molecule has 1 aromatic heterocycles. The monoisotopic (exact) mass is 387 g/mol. The number of benzene rings is 1. The van der Waals surface area contributed by atoms with E-state index in [1.54, 1.807) is 0 Å². The summed E-state index contributed by atoms with van der Waals surface area (Å²) in [6.07, 6.45) is 3.82.